The first kappa shape index (κ1) is 20.5. The van der Waals surface area contributed by atoms with Crippen molar-refractivity contribution in [3.63, 3.8) is 0 Å². The lowest BCUT2D eigenvalue weighted by Crippen LogP contribution is -2.51. The van der Waals surface area contributed by atoms with Crippen LogP contribution in [0.4, 0.5) is 10.5 Å². The van der Waals surface area contributed by atoms with Gasteiger partial charge in [0.2, 0.25) is 5.91 Å². The van der Waals surface area contributed by atoms with E-state index in [1.54, 1.807) is 18.2 Å². The topological polar surface area (TPSA) is 70.7 Å². The second-order valence-electron chi connectivity index (χ2n) is 7.63. The van der Waals surface area contributed by atoms with Crippen molar-refractivity contribution in [3.05, 3.63) is 29.3 Å². The molecule has 1 fully saturated rings. The van der Waals surface area contributed by atoms with E-state index in [-0.39, 0.29) is 24.1 Å². The molecule has 0 saturated carbocycles. The third-order valence-corrected chi connectivity index (χ3v) is 4.50. The van der Waals surface area contributed by atoms with Crippen molar-refractivity contribution in [1.82, 2.24) is 10.2 Å². The number of hydrogen-bond acceptors (Lipinski definition) is 4. The molecule has 0 radical (unpaired) electrons. The number of carbonyl (C=O) groups is 2. The van der Waals surface area contributed by atoms with Crippen LogP contribution < -0.4 is 10.6 Å². The quantitative estimate of drug-likeness (QED) is 0.835. The number of nitrogens with one attached hydrogen (secondary N) is 2. The van der Waals surface area contributed by atoms with Crippen molar-refractivity contribution in [3.8, 4) is 0 Å². The molecule has 0 bridgehead atoms. The van der Waals surface area contributed by atoms with Crippen molar-refractivity contribution in [1.29, 1.82) is 0 Å². The number of hydrogen-bond donors (Lipinski definition) is 2. The third kappa shape index (κ3) is 6.50. The van der Waals surface area contributed by atoms with E-state index in [2.05, 4.69) is 15.5 Å². The van der Waals surface area contributed by atoms with Gasteiger partial charge in [-0.25, -0.2) is 4.79 Å². The smallest absolute Gasteiger partial charge is 0.407 e. The molecule has 0 aliphatic carbocycles. The summed E-state index contributed by atoms with van der Waals surface area (Å²) in [4.78, 5) is 26.4. The Kier molecular flexibility index (Phi) is 6.89. The maximum Gasteiger partial charge on any atom is 0.407 e. The number of nitrogens with zero attached hydrogens (tertiary/aromatic N) is 1. The predicted octanol–water partition coefficient (Wildman–Crippen LogP) is 3.66. The summed E-state index contributed by atoms with van der Waals surface area (Å²) in [7, 11) is 0. The molecule has 1 atom stereocenters. The fourth-order valence-corrected chi connectivity index (χ4v) is 3.07. The van der Waals surface area contributed by atoms with E-state index >= 15 is 0 Å². The highest BCUT2D eigenvalue weighted by Crippen LogP contribution is 2.18. The summed E-state index contributed by atoms with van der Waals surface area (Å²) in [5, 5.41) is 6.39. The molecule has 2 N–H and O–H groups in total. The standard InChI is InChI=1S/C19H28ClN3O3/c1-13(17(24)21-16-7-5-6-14(20)12-16)23-10-8-15(9-11-23)22-18(25)26-19(2,3)4/h5-7,12-13,15H,8-11H2,1-4H3,(H,21,24)(H,22,25). The maximum atomic E-state index is 12.5. The Labute approximate surface area is 160 Å². The number of rotatable bonds is 4. The van der Waals surface area contributed by atoms with Crippen LogP contribution in [-0.2, 0) is 9.53 Å². The van der Waals surface area contributed by atoms with Gasteiger partial charge in [-0.15, -0.1) is 0 Å². The van der Waals surface area contributed by atoms with Gasteiger partial charge in [0.05, 0.1) is 6.04 Å². The number of piperidine rings is 1. The minimum absolute atomic E-state index is 0.0641. The fraction of sp³-hybridized carbons (Fsp3) is 0.579. The Bertz CT molecular complexity index is 637. The number of likely N-dealkylation sites (tertiary alicyclic amines) is 1. The summed E-state index contributed by atoms with van der Waals surface area (Å²) in [6, 6.07) is 6.93. The fourth-order valence-electron chi connectivity index (χ4n) is 2.88. The molecular weight excluding hydrogens is 354 g/mol. The molecule has 1 unspecified atom stereocenters. The molecule has 2 amide bonds. The minimum atomic E-state index is -0.502. The van der Waals surface area contributed by atoms with Crippen LogP contribution in [0.25, 0.3) is 0 Å². The molecule has 6 nitrogen and oxygen atoms in total. The molecule has 1 aromatic carbocycles. The van der Waals surface area contributed by atoms with E-state index in [9.17, 15) is 9.59 Å². The van der Waals surface area contributed by atoms with Crippen LogP contribution in [0.1, 0.15) is 40.5 Å². The van der Waals surface area contributed by atoms with Gasteiger partial charge in [-0.3, -0.25) is 9.69 Å². The van der Waals surface area contributed by atoms with Gasteiger partial charge in [0, 0.05) is 29.8 Å². The largest absolute Gasteiger partial charge is 0.444 e. The number of anilines is 1. The number of carbonyl (C=O) groups excluding carboxylic acids is 2. The van der Waals surface area contributed by atoms with Crippen LogP contribution in [0.3, 0.4) is 0 Å². The summed E-state index contributed by atoms with van der Waals surface area (Å²) in [5.74, 6) is -0.0641. The lowest BCUT2D eigenvalue weighted by atomic mass is 10.0. The summed E-state index contributed by atoms with van der Waals surface area (Å²) in [5.41, 5.74) is 0.188. The summed E-state index contributed by atoms with van der Waals surface area (Å²) >= 11 is 5.95. The highest BCUT2D eigenvalue weighted by Gasteiger charge is 2.28. The summed E-state index contributed by atoms with van der Waals surface area (Å²) < 4.78 is 5.29. The normalized spacial score (nSPS) is 17.4. The first-order valence-electron chi connectivity index (χ1n) is 8.94. The molecule has 1 aromatic rings. The van der Waals surface area contributed by atoms with Crippen LogP contribution in [-0.4, -0.2) is 47.7 Å². The van der Waals surface area contributed by atoms with Crippen LogP contribution >= 0.6 is 11.6 Å². The number of halogens is 1. The number of amides is 2. The highest BCUT2D eigenvalue weighted by molar-refractivity contribution is 6.30. The van der Waals surface area contributed by atoms with Crippen molar-refractivity contribution in [2.45, 2.75) is 58.2 Å². The van der Waals surface area contributed by atoms with Crippen molar-refractivity contribution < 1.29 is 14.3 Å². The average Bonchev–Trinajstić information content (AvgIpc) is 2.53. The molecule has 144 valence electrons. The van der Waals surface area contributed by atoms with Crippen LogP contribution in [0.5, 0.6) is 0 Å². The van der Waals surface area contributed by atoms with Gasteiger partial charge < -0.3 is 15.4 Å². The van der Waals surface area contributed by atoms with Crippen molar-refractivity contribution in [2.75, 3.05) is 18.4 Å². The van der Waals surface area contributed by atoms with Crippen molar-refractivity contribution >= 4 is 29.3 Å². The SMILES string of the molecule is CC(C(=O)Nc1cccc(Cl)c1)N1CCC(NC(=O)OC(C)(C)C)CC1. The Hall–Kier alpha value is -1.79. The lowest BCUT2D eigenvalue weighted by molar-refractivity contribution is -0.121. The van der Waals surface area contributed by atoms with E-state index in [4.69, 9.17) is 16.3 Å². The molecule has 0 spiro atoms. The van der Waals surface area contributed by atoms with E-state index in [1.165, 1.54) is 0 Å². The van der Waals surface area contributed by atoms with Gasteiger partial charge in [-0.1, -0.05) is 17.7 Å². The van der Waals surface area contributed by atoms with E-state index in [0.717, 1.165) is 25.9 Å². The molecule has 1 aliphatic rings. The minimum Gasteiger partial charge on any atom is -0.444 e. The highest BCUT2D eigenvalue weighted by atomic mass is 35.5. The lowest BCUT2D eigenvalue weighted by Gasteiger charge is -2.35. The van der Waals surface area contributed by atoms with Gasteiger partial charge in [0.1, 0.15) is 5.60 Å². The van der Waals surface area contributed by atoms with Crippen molar-refractivity contribution in [2.24, 2.45) is 0 Å². The zero-order chi connectivity index (χ0) is 19.3. The zero-order valence-electron chi connectivity index (χ0n) is 15.8. The third-order valence-electron chi connectivity index (χ3n) is 4.27. The molecule has 26 heavy (non-hydrogen) atoms. The van der Waals surface area contributed by atoms with Crippen LogP contribution in [0.2, 0.25) is 5.02 Å². The first-order chi connectivity index (χ1) is 12.1. The first-order valence-corrected chi connectivity index (χ1v) is 9.32. The van der Waals surface area contributed by atoms with Crippen LogP contribution in [0.15, 0.2) is 24.3 Å². The van der Waals surface area contributed by atoms with Crippen LogP contribution in [0, 0.1) is 0 Å². The number of benzene rings is 1. The molecule has 7 heteroatoms. The van der Waals surface area contributed by atoms with E-state index < -0.39 is 5.60 Å². The summed E-state index contributed by atoms with van der Waals surface area (Å²) in [6.45, 7) is 8.90. The Morgan fingerprint density at radius 2 is 1.92 bits per heavy atom. The number of ether oxygens (including phenoxy) is 1. The molecule has 0 aromatic heterocycles. The Balaban J connectivity index is 1.79. The summed E-state index contributed by atoms with van der Waals surface area (Å²) in [6.07, 6.45) is 1.19. The molecule has 2 rings (SSSR count). The van der Waals surface area contributed by atoms with E-state index in [1.807, 2.05) is 33.8 Å². The monoisotopic (exact) mass is 381 g/mol. The van der Waals surface area contributed by atoms with Gasteiger partial charge >= 0.3 is 6.09 Å². The van der Waals surface area contributed by atoms with Gasteiger partial charge in [0.25, 0.3) is 0 Å². The van der Waals surface area contributed by atoms with E-state index in [0.29, 0.717) is 10.7 Å². The van der Waals surface area contributed by atoms with Gasteiger partial charge in [-0.05, 0) is 58.7 Å². The second-order valence-corrected chi connectivity index (χ2v) is 8.07. The molecular formula is C19H28ClN3O3. The Morgan fingerprint density at radius 3 is 2.50 bits per heavy atom. The zero-order valence-corrected chi connectivity index (χ0v) is 16.6. The van der Waals surface area contributed by atoms with Gasteiger partial charge in [-0.2, -0.15) is 0 Å². The maximum absolute atomic E-state index is 12.5. The number of alkyl carbamates (subject to hydrolysis) is 1. The second kappa shape index (κ2) is 8.73. The molecule has 1 saturated heterocycles. The average molecular weight is 382 g/mol. The molecule has 1 heterocycles. The molecule has 1 aliphatic heterocycles. The predicted molar refractivity (Wildman–Crippen MR) is 104 cm³/mol. The van der Waals surface area contributed by atoms with Gasteiger partial charge in [0.15, 0.2) is 0 Å². The Morgan fingerprint density at radius 1 is 1.27 bits per heavy atom.